The van der Waals surface area contributed by atoms with Gasteiger partial charge in [-0.25, -0.2) is 9.78 Å². The Morgan fingerprint density at radius 2 is 2.06 bits per heavy atom. The average Bonchev–Trinajstić information content (AvgIpc) is 2.38. The first-order chi connectivity index (χ1) is 8.27. The molecule has 0 aliphatic carbocycles. The van der Waals surface area contributed by atoms with Crippen LogP contribution in [0.3, 0.4) is 0 Å². The number of hydrogen-bond acceptors (Lipinski definition) is 5. The summed E-state index contributed by atoms with van der Waals surface area (Å²) in [6, 6.07) is 9.45. The van der Waals surface area contributed by atoms with Crippen molar-refractivity contribution in [1.29, 1.82) is 0 Å². The third-order valence-corrected chi connectivity index (χ3v) is 2.21. The minimum absolute atomic E-state index is 0.156. The van der Waals surface area contributed by atoms with Crippen LogP contribution >= 0.6 is 0 Å². The molecule has 0 saturated carbocycles. The fourth-order valence-electron chi connectivity index (χ4n) is 1.31. The summed E-state index contributed by atoms with van der Waals surface area (Å²) in [5.41, 5.74) is 1.59. The molecule has 1 aromatic heterocycles. The summed E-state index contributed by atoms with van der Waals surface area (Å²) in [4.78, 5) is 15.6. The Hall–Kier alpha value is -2.30. The molecule has 0 radical (unpaired) electrons. The van der Waals surface area contributed by atoms with Crippen LogP contribution in [0.2, 0.25) is 0 Å². The van der Waals surface area contributed by atoms with Crippen LogP contribution in [0.15, 0.2) is 36.7 Å². The highest BCUT2D eigenvalue weighted by molar-refractivity contribution is 5.87. The lowest BCUT2D eigenvalue weighted by molar-refractivity contribution is 0.0462. The molecule has 0 saturated heterocycles. The van der Waals surface area contributed by atoms with Crippen molar-refractivity contribution in [3.8, 4) is 0 Å². The van der Waals surface area contributed by atoms with E-state index in [0.29, 0.717) is 5.69 Å². The summed E-state index contributed by atoms with van der Waals surface area (Å²) in [5, 5.41) is 7.26. The molecule has 1 aromatic carbocycles. The Morgan fingerprint density at radius 3 is 2.76 bits per heavy atom. The summed E-state index contributed by atoms with van der Waals surface area (Å²) in [7, 11) is 0. The molecule has 5 nitrogen and oxygen atoms in total. The second-order valence-electron chi connectivity index (χ2n) is 3.46. The number of carbonyl (C=O) groups excluding carboxylic acids is 1. The Balaban J connectivity index is 2.01. The fourth-order valence-corrected chi connectivity index (χ4v) is 1.31. The highest BCUT2D eigenvalue weighted by Crippen LogP contribution is 2.05. The van der Waals surface area contributed by atoms with E-state index in [1.54, 1.807) is 6.92 Å². The Morgan fingerprint density at radius 1 is 1.29 bits per heavy atom. The minimum Gasteiger partial charge on any atom is -0.456 e. The fraction of sp³-hybridized carbons (Fsp3) is 0.167. The molecule has 0 aliphatic rings. The highest BCUT2D eigenvalue weighted by atomic mass is 16.5. The maximum absolute atomic E-state index is 11.7. The molecule has 0 amide bonds. The van der Waals surface area contributed by atoms with Crippen LogP contribution in [0.1, 0.15) is 21.7 Å². The third kappa shape index (κ3) is 2.84. The second-order valence-corrected chi connectivity index (χ2v) is 3.46. The summed E-state index contributed by atoms with van der Waals surface area (Å²) >= 11 is 0. The zero-order valence-electron chi connectivity index (χ0n) is 9.33. The predicted octanol–water partition coefficient (Wildman–Crippen LogP) is 1.54. The van der Waals surface area contributed by atoms with Crippen LogP contribution in [0.5, 0.6) is 0 Å². The number of aromatic nitrogens is 3. The molecule has 2 aromatic rings. The van der Waals surface area contributed by atoms with E-state index in [-0.39, 0.29) is 12.3 Å². The molecule has 86 valence electrons. The van der Waals surface area contributed by atoms with Crippen LogP contribution < -0.4 is 0 Å². The van der Waals surface area contributed by atoms with E-state index < -0.39 is 5.97 Å². The van der Waals surface area contributed by atoms with Crippen LogP contribution in [0.25, 0.3) is 0 Å². The zero-order valence-corrected chi connectivity index (χ0v) is 9.33. The van der Waals surface area contributed by atoms with Gasteiger partial charge in [0.2, 0.25) is 0 Å². The van der Waals surface area contributed by atoms with Gasteiger partial charge in [-0.1, -0.05) is 30.3 Å². The predicted molar refractivity (Wildman–Crippen MR) is 60.1 cm³/mol. The average molecular weight is 229 g/mol. The standard InChI is InChI=1S/C12H11N3O2/c1-9-11(15-14-8-13-9)12(16)17-7-10-5-3-2-4-6-10/h2-6,8H,7H2,1H3. The quantitative estimate of drug-likeness (QED) is 0.747. The number of aryl methyl sites for hydroxylation is 1. The number of rotatable bonds is 3. The lowest BCUT2D eigenvalue weighted by Gasteiger charge is -2.04. The largest absolute Gasteiger partial charge is 0.456 e. The summed E-state index contributed by atoms with van der Waals surface area (Å²) in [5.74, 6) is -0.507. The minimum atomic E-state index is -0.507. The van der Waals surface area contributed by atoms with Gasteiger partial charge in [0.15, 0.2) is 5.69 Å². The van der Waals surface area contributed by atoms with Gasteiger partial charge in [-0.3, -0.25) is 0 Å². The molecule has 0 unspecified atom stereocenters. The van der Waals surface area contributed by atoms with E-state index in [9.17, 15) is 4.79 Å². The molecule has 0 fully saturated rings. The zero-order chi connectivity index (χ0) is 12.1. The van der Waals surface area contributed by atoms with Gasteiger partial charge in [0.25, 0.3) is 0 Å². The summed E-state index contributed by atoms with van der Waals surface area (Å²) in [6.07, 6.45) is 1.29. The Bertz CT molecular complexity index is 514. The maximum Gasteiger partial charge on any atom is 0.361 e. The number of hydrogen-bond donors (Lipinski definition) is 0. The molecule has 0 bridgehead atoms. The normalized spacial score (nSPS) is 9.94. The first-order valence-corrected chi connectivity index (χ1v) is 5.12. The van der Waals surface area contributed by atoms with E-state index in [2.05, 4.69) is 15.2 Å². The molecule has 0 aliphatic heterocycles. The van der Waals surface area contributed by atoms with E-state index in [0.717, 1.165) is 5.56 Å². The molecule has 5 heteroatoms. The van der Waals surface area contributed by atoms with Crippen molar-refractivity contribution in [1.82, 2.24) is 15.2 Å². The lowest BCUT2D eigenvalue weighted by Crippen LogP contribution is -2.11. The first kappa shape index (κ1) is 11.2. The van der Waals surface area contributed by atoms with Crippen molar-refractivity contribution < 1.29 is 9.53 Å². The molecule has 0 spiro atoms. The number of esters is 1. The molecule has 0 atom stereocenters. The van der Waals surface area contributed by atoms with Crippen LogP contribution in [-0.4, -0.2) is 21.2 Å². The lowest BCUT2D eigenvalue weighted by atomic mass is 10.2. The van der Waals surface area contributed by atoms with Crippen LogP contribution in [0, 0.1) is 6.92 Å². The smallest absolute Gasteiger partial charge is 0.361 e. The van der Waals surface area contributed by atoms with E-state index in [1.165, 1.54) is 6.33 Å². The van der Waals surface area contributed by atoms with Crippen molar-refractivity contribution in [2.24, 2.45) is 0 Å². The van der Waals surface area contributed by atoms with Crippen molar-refractivity contribution >= 4 is 5.97 Å². The number of carbonyl (C=O) groups is 1. The second kappa shape index (κ2) is 5.16. The van der Waals surface area contributed by atoms with Gasteiger partial charge in [0.05, 0.1) is 5.69 Å². The molecule has 0 N–H and O–H groups in total. The SMILES string of the molecule is Cc1ncnnc1C(=O)OCc1ccccc1. The van der Waals surface area contributed by atoms with Gasteiger partial charge in [-0.15, -0.1) is 10.2 Å². The van der Waals surface area contributed by atoms with Gasteiger partial charge in [0.1, 0.15) is 12.9 Å². The Kier molecular flexibility index (Phi) is 3.40. The summed E-state index contributed by atoms with van der Waals surface area (Å²) < 4.78 is 5.11. The van der Waals surface area contributed by atoms with Crippen molar-refractivity contribution in [2.45, 2.75) is 13.5 Å². The van der Waals surface area contributed by atoms with Crippen molar-refractivity contribution in [3.05, 3.63) is 53.6 Å². The molecule has 2 rings (SSSR count). The Labute approximate surface area is 98.5 Å². The molecular weight excluding hydrogens is 218 g/mol. The van der Waals surface area contributed by atoms with E-state index >= 15 is 0 Å². The third-order valence-electron chi connectivity index (χ3n) is 2.21. The van der Waals surface area contributed by atoms with Gasteiger partial charge < -0.3 is 4.74 Å². The van der Waals surface area contributed by atoms with Crippen molar-refractivity contribution in [3.63, 3.8) is 0 Å². The van der Waals surface area contributed by atoms with E-state index in [4.69, 9.17) is 4.74 Å². The van der Waals surface area contributed by atoms with Gasteiger partial charge in [-0.2, -0.15) is 0 Å². The number of benzene rings is 1. The monoisotopic (exact) mass is 229 g/mol. The molecule has 17 heavy (non-hydrogen) atoms. The van der Waals surface area contributed by atoms with Crippen LogP contribution in [-0.2, 0) is 11.3 Å². The first-order valence-electron chi connectivity index (χ1n) is 5.12. The van der Waals surface area contributed by atoms with Gasteiger partial charge in [-0.05, 0) is 12.5 Å². The number of nitrogens with zero attached hydrogens (tertiary/aromatic N) is 3. The highest BCUT2D eigenvalue weighted by Gasteiger charge is 2.13. The number of ether oxygens (including phenoxy) is 1. The molecular formula is C12H11N3O2. The van der Waals surface area contributed by atoms with Crippen molar-refractivity contribution in [2.75, 3.05) is 0 Å². The molecule has 1 heterocycles. The van der Waals surface area contributed by atoms with Gasteiger partial charge in [0, 0.05) is 0 Å². The van der Waals surface area contributed by atoms with Crippen LogP contribution in [0.4, 0.5) is 0 Å². The topological polar surface area (TPSA) is 65.0 Å². The van der Waals surface area contributed by atoms with E-state index in [1.807, 2.05) is 30.3 Å². The summed E-state index contributed by atoms with van der Waals surface area (Å²) in [6.45, 7) is 1.91. The van der Waals surface area contributed by atoms with Gasteiger partial charge >= 0.3 is 5.97 Å². The maximum atomic E-state index is 11.7.